The Kier molecular flexibility index (Phi) is 3.46. The Morgan fingerprint density at radius 3 is 2.86 bits per heavy atom. The van der Waals surface area contributed by atoms with Crippen molar-refractivity contribution in [3.05, 3.63) is 38.3 Å². The zero-order chi connectivity index (χ0) is 10.7. The molecule has 1 rings (SSSR count). The first-order valence-corrected chi connectivity index (χ1v) is 4.90. The number of nitro groups is 1. The highest BCUT2D eigenvalue weighted by Crippen LogP contribution is 2.28. The number of hydrogen-bond donors (Lipinski definition) is 1. The van der Waals surface area contributed by atoms with Crippen LogP contribution in [0.3, 0.4) is 0 Å². The van der Waals surface area contributed by atoms with E-state index in [2.05, 4.69) is 15.9 Å². The van der Waals surface area contributed by atoms with Crippen LogP contribution in [0, 0.1) is 10.1 Å². The topological polar surface area (TPSA) is 63.4 Å². The molecule has 0 aliphatic rings. The van der Waals surface area contributed by atoms with Crippen molar-refractivity contribution in [1.82, 2.24) is 0 Å². The van der Waals surface area contributed by atoms with Gasteiger partial charge in [0.2, 0.25) is 6.54 Å². The molecule has 0 bridgehead atoms. The van der Waals surface area contributed by atoms with E-state index >= 15 is 0 Å². The number of nitrogens with zero attached hydrogens (tertiary/aromatic N) is 1. The SMILES string of the molecule is C[C@@H](C[N+](=O)[O-])c1cc(Br)ccc1O. The van der Waals surface area contributed by atoms with Crippen molar-refractivity contribution in [1.29, 1.82) is 0 Å². The number of aromatic hydroxyl groups is 1. The molecule has 1 aromatic carbocycles. The van der Waals surface area contributed by atoms with Crippen molar-refractivity contribution in [2.24, 2.45) is 0 Å². The van der Waals surface area contributed by atoms with E-state index in [1.54, 1.807) is 19.1 Å². The predicted molar refractivity (Wildman–Crippen MR) is 56.1 cm³/mol. The molecule has 1 aromatic rings. The molecule has 0 saturated carbocycles. The molecule has 5 heteroatoms. The Morgan fingerprint density at radius 2 is 2.29 bits per heavy atom. The van der Waals surface area contributed by atoms with Crippen LogP contribution >= 0.6 is 15.9 Å². The Hall–Kier alpha value is -1.10. The van der Waals surface area contributed by atoms with Gasteiger partial charge in [0, 0.05) is 20.9 Å². The van der Waals surface area contributed by atoms with E-state index in [1.807, 2.05) is 0 Å². The summed E-state index contributed by atoms with van der Waals surface area (Å²) in [5, 5.41) is 19.8. The van der Waals surface area contributed by atoms with Gasteiger partial charge >= 0.3 is 0 Å². The first-order valence-electron chi connectivity index (χ1n) is 4.11. The molecule has 0 aliphatic heterocycles. The molecule has 0 aromatic heterocycles. The van der Waals surface area contributed by atoms with Gasteiger partial charge in [-0.05, 0) is 18.2 Å². The molecule has 4 nitrogen and oxygen atoms in total. The maximum absolute atomic E-state index is 10.3. The normalized spacial score (nSPS) is 12.4. The molecule has 1 atom stereocenters. The molecule has 0 heterocycles. The Bertz CT molecular complexity index is 354. The standard InChI is InChI=1S/C9H10BrNO3/c1-6(5-11(13)14)8-4-7(10)2-3-9(8)12/h2-4,6,12H,5H2,1H3/t6-/m0/s1. The summed E-state index contributed by atoms with van der Waals surface area (Å²) in [6, 6.07) is 4.91. The van der Waals surface area contributed by atoms with Crippen LogP contribution in [0.2, 0.25) is 0 Å². The molecule has 76 valence electrons. The second-order valence-electron chi connectivity index (χ2n) is 3.12. The van der Waals surface area contributed by atoms with Gasteiger partial charge in [0.05, 0.1) is 0 Å². The van der Waals surface area contributed by atoms with Crippen LogP contribution in [-0.4, -0.2) is 16.6 Å². The maximum atomic E-state index is 10.3. The van der Waals surface area contributed by atoms with Gasteiger partial charge in [-0.25, -0.2) is 0 Å². The van der Waals surface area contributed by atoms with E-state index in [-0.39, 0.29) is 23.1 Å². The zero-order valence-corrected chi connectivity index (χ0v) is 9.19. The average molecular weight is 260 g/mol. The van der Waals surface area contributed by atoms with Gasteiger partial charge < -0.3 is 5.11 Å². The van der Waals surface area contributed by atoms with Crippen molar-refractivity contribution in [2.45, 2.75) is 12.8 Å². The van der Waals surface area contributed by atoms with Gasteiger partial charge in [0.15, 0.2) is 0 Å². The Balaban J connectivity index is 2.93. The lowest BCUT2D eigenvalue weighted by atomic mass is 10.0. The number of phenolic OH excluding ortho intramolecular Hbond substituents is 1. The monoisotopic (exact) mass is 259 g/mol. The molecule has 1 N–H and O–H groups in total. The minimum absolute atomic E-state index is 0.0996. The van der Waals surface area contributed by atoms with E-state index in [9.17, 15) is 15.2 Å². The van der Waals surface area contributed by atoms with Gasteiger partial charge in [0.25, 0.3) is 0 Å². The van der Waals surface area contributed by atoms with Crippen molar-refractivity contribution in [3.63, 3.8) is 0 Å². The first kappa shape index (κ1) is 11.0. The van der Waals surface area contributed by atoms with Crippen LogP contribution in [0.1, 0.15) is 18.4 Å². The summed E-state index contributed by atoms with van der Waals surface area (Å²) >= 11 is 3.25. The van der Waals surface area contributed by atoms with E-state index in [4.69, 9.17) is 0 Å². The molecule has 0 saturated heterocycles. The third-order valence-electron chi connectivity index (χ3n) is 1.94. The first-order chi connectivity index (χ1) is 6.50. The van der Waals surface area contributed by atoms with Crippen LogP contribution in [0.25, 0.3) is 0 Å². The highest BCUT2D eigenvalue weighted by Gasteiger charge is 2.15. The number of halogens is 1. The number of phenols is 1. The number of rotatable bonds is 3. The number of hydrogen-bond acceptors (Lipinski definition) is 3. The number of benzene rings is 1. The summed E-state index contributed by atoms with van der Waals surface area (Å²) in [5.41, 5.74) is 0.594. The lowest BCUT2D eigenvalue weighted by molar-refractivity contribution is -0.482. The van der Waals surface area contributed by atoms with Crippen molar-refractivity contribution < 1.29 is 10.0 Å². The highest BCUT2D eigenvalue weighted by molar-refractivity contribution is 9.10. The average Bonchev–Trinajstić information content (AvgIpc) is 2.08. The fourth-order valence-electron chi connectivity index (χ4n) is 1.24. The lowest BCUT2D eigenvalue weighted by Gasteiger charge is -2.09. The van der Waals surface area contributed by atoms with Crippen molar-refractivity contribution >= 4 is 15.9 Å². The summed E-state index contributed by atoms with van der Waals surface area (Å²) in [5.74, 6) is -0.190. The molecule has 0 unspecified atom stereocenters. The van der Waals surface area contributed by atoms with Gasteiger partial charge in [-0.3, -0.25) is 10.1 Å². The van der Waals surface area contributed by atoms with Crippen molar-refractivity contribution in [2.75, 3.05) is 6.54 Å². The molecule has 0 aliphatic carbocycles. The molecule has 0 spiro atoms. The van der Waals surface area contributed by atoms with Crippen LogP contribution in [-0.2, 0) is 0 Å². The molecule has 14 heavy (non-hydrogen) atoms. The second kappa shape index (κ2) is 4.41. The van der Waals surface area contributed by atoms with E-state index in [1.165, 1.54) is 6.07 Å². The van der Waals surface area contributed by atoms with E-state index in [0.717, 1.165) is 4.47 Å². The third kappa shape index (κ3) is 2.70. The van der Waals surface area contributed by atoms with Crippen molar-refractivity contribution in [3.8, 4) is 5.75 Å². The molecular weight excluding hydrogens is 250 g/mol. The smallest absolute Gasteiger partial charge is 0.210 e. The summed E-state index contributed by atoms with van der Waals surface area (Å²) < 4.78 is 0.806. The largest absolute Gasteiger partial charge is 0.508 e. The maximum Gasteiger partial charge on any atom is 0.210 e. The summed E-state index contributed by atoms with van der Waals surface area (Å²) in [7, 11) is 0. The third-order valence-corrected chi connectivity index (χ3v) is 2.44. The van der Waals surface area contributed by atoms with Gasteiger partial charge in [-0.1, -0.05) is 22.9 Å². The lowest BCUT2D eigenvalue weighted by Crippen LogP contribution is -2.09. The second-order valence-corrected chi connectivity index (χ2v) is 4.04. The van der Waals surface area contributed by atoms with Crippen LogP contribution in [0.15, 0.2) is 22.7 Å². The fraction of sp³-hybridized carbons (Fsp3) is 0.333. The minimum atomic E-state index is -0.384. The predicted octanol–water partition coefficient (Wildman–Crippen LogP) is 2.53. The highest BCUT2D eigenvalue weighted by atomic mass is 79.9. The van der Waals surface area contributed by atoms with E-state index < -0.39 is 0 Å². The molecule has 0 fully saturated rings. The summed E-state index contributed by atoms with van der Waals surface area (Å²) in [4.78, 5) is 9.91. The molecular formula is C9H10BrNO3. The Morgan fingerprint density at radius 1 is 1.64 bits per heavy atom. The van der Waals surface area contributed by atoms with Crippen LogP contribution in [0.4, 0.5) is 0 Å². The van der Waals surface area contributed by atoms with Crippen LogP contribution < -0.4 is 0 Å². The minimum Gasteiger partial charge on any atom is -0.508 e. The van der Waals surface area contributed by atoms with Crippen LogP contribution in [0.5, 0.6) is 5.75 Å². The quantitative estimate of drug-likeness (QED) is 0.670. The molecule has 0 radical (unpaired) electrons. The summed E-state index contributed by atoms with van der Waals surface area (Å²) in [6.07, 6.45) is 0. The molecule has 0 amide bonds. The summed E-state index contributed by atoms with van der Waals surface area (Å²) in [6.45, 7) is 1.54. The van der Waals surface area contributed by atoms with E-state index in [0.29, 0.717) is 5.56 Å². The zero-order valence-electron chi connectivity index (χ0n) is 7.61. The fourth-order valence-corrected chi connectivity index (χ4v) is 1.62. The van der Waals surface area contributed by atoms with Gasteiger partial charge in [0.1, 0.15) is 5.75 Å². The van der Waals surface area contributed by atoms with Gasteiger partial charge in [-0.2, -0.15) is 0 Å². The Labute approximate surface area is 89.8 Å². The van der Waals surface area contributed by atoms with Gasteiger partial charge in [-0.15, -0.1) is 0 Å².